The van der Waals surface area contributed by atoms with Crippen molar-refractivity contribution in [3.63, 3.8) is 0 Å². The van der Waals surface area contributed by atoms with E-state index in [9.17, 15) is 0 Å². The highest BCUT2D eigenvalue weighted by molar-refractivity contribution is 6.35. The van der Waals surface area contributed by atoms with Gasteiger partial charge in [0.25, 0.3) is 0 Å². The maximum atomic E-state index is 5.90. The Morgan fingerprint density at radius 3 is 2.25 bits per heavy atom. The molecule has 2 rings (SSSR count). The molecule has 1 aliphatic rings. The summed E-state index contributed by atoms with van der Waals surface area (Å²) in [6.45, 7) is 1.95. The summed E-state index contributed by atoms with van der Waals surface area (Å²) in [6, 6.07) is 5.17. The Morgan fingerprint density at radius 1 is 1.12 bits per heavy atom. The predicted molar refractivity (Wildman–Crippen MR) is 68.6 cm³/mol. The maximum Gasteiger partial charge on any atom is 0.196 e. The number of guanidine groups is 1. The summed E-state index contributed by atoms with van der Waals surface area (Å²) < 4.78 is 0. The van der Waals surface area contributed by atoms with Gasteiger partial charge in [0.2, 0.25) is 0 Å². The molecule has 86 valence electrons. The van der Waals surface area contributed by atoms with Gasteiger partial charge in [0.05, 0.1) is 5.69 Å². The largest absolute Gasteiger partial charge is 0.369 e. The molecular weight excluding hydrogens is 245 g/mol. The van der Waals surface area contributed by atoms with Crippen LogP contribution in [0.25, 0.3) is 0 Å². The van der Waals surface area contributed by atoms with Crippen LogP contribution in [0.2, 0.25) is 10.0 Å². The molecule has 3 nitrogen and oxygen atoms in total. The van der Waals surface area contributed by atoms with Crippen LogP contribution in [0.4, 0.5) is 5.69 Å². The molecule has 0 unspecified atom stereocenters. The summed E-state index contributed by atoms with van der Waals surface area (Å²) >= 11 is 11.8. The van der Waals surface area contributed by atoms with Crippen molar-refractivity contribution in [3.05, 3.63) is 28.2 Å². The highest BCUT2D eigenvalue weighted by atomic mass is 35.5. The molecule has 0 aromatic heterocycles. The third-order valence-corrected chi connectivity index (χ3v) is 2.96. The van der Waals surface area contributed by atoms with Gasteiger partial charge in [-0.1, -0.05) is 23.2 Å². The van der Waals surface area contributed by atoms with Gasteiger partial charge in [0, 0.05) is 23.1 Å². The van der Waals surface area contributed by atoms with E-state index in [1.165, 1.54) is 12.8 Å². The summed E-state index contributed by atoms with van der Waals surface area (Å²) in [7, 11) is 0. The number of hydrogen-bond acceptors (Lipinski definition) is 1. The molecule has 0 radical (unpaired) electrons. The first kappa shape index (κ1) is 11.6. The quantitative estimate of drug-likeness (QED) is 0.621. The van der Waals surface area contributed by atoms with Gasteiger partial charge < -0.3 is 10.6 Å². The van der Waals surface area contributed by atoms with Gasteiger partial charge in [-0.25, -0.2) is 4.99 Å². The zero-order valence-corrected chi connectivity index (χ0v) is 10.3. The van der Waals surface area contributed by atoms with Crippen LogP contribution < -0.4 is 5.73 Å². The number of likely N-dealkylation sites (tertiary alicyclic amines) is 1. The molecule has 0 aliphatic carbocycles. The van der Waals surface area contributed by atoms with Crippen molar-refractivity contribution in [2.75, 3.05) is 13.1 Å². The maximum absolute atomic E-state index is 5.90. The monoisotopic (exact) mass is 257 g/mol. The highest BCUT2D eigenvalue weighted by Crippen LogP contribution is 2.24. The van der Waals surface area contributed by atoms with Gasteiger partial charge in [0.1, 0.15) is 0 Å². The average molecular weight is 258 g/mol. The van der Waals surface area contributed by atoms with Crippen molar-refractivity contribution in [3.8, 4) is 0 Å². The Bertz CT molecular complexity index is 391. The van der Waals surface area contributed by atoms with E-state index in [-0.39, 0.29) is 0 Å². The van der Waals surface area contributed by atoms with E-state index >= 15 is 0 Å². The molecule has 1 heterocycles. The fourth-order valence-corrected chi connectivity index (χ4v) is 2.27. The second-order valence-electron chi connectivity index (χ2n) is 3.79. The molecule has 16 heavy (non-hydrogen) atoms. The molecule has 0 bridgehead atoms. The number of benzene rings is 1. The normalized spacial score (nSPS) is 16.9. The third-order valence-electron chi connectivity index (χ3n) is 2.52. The number of nitrogens with zero attached hydrogens (tertiary/aromatic N) is 2. The molecule has 0 amide bonds. The van der Waals surface area contributed by atoms with Crippen LogP contribution in [0.5, 0.6) is 0 Å². The first-order chi connectivity index (χ1) is 7.65. The Hall–Kier alpha value is -0.930. The van der Waals surface area contributed by atoms with Crippen LogP contribution in [0.3, 0.4) is 0 Å². The molecule has 1 saturated heterocycles. The number of nitrogens with two attached hydrogens (primary N) is 1. The lowest BCUT2D eigenvalue weighted by Gasteiger charge is -2.15. The van der Waals surface area contributed by atoms with Crippen molar-refractivity contribution in [1.29, 1.82) is 0 Å². The number of halogens is 2. The number of aliphatic imine (C=N–C) groups is 1. The second kappa shape index (κ2) is 4.93. The van der Waals surface area contributed by atoms with E-state index in [2.05, 4.69) is 9.89 Å². The van der Waals surface area contributed by atoms with Crippen LogP contribution in [0.15, 0.2) is 23.2 Å². The lowest BCUT2D eigenvalue weighted by atomic mass is 10.3. The summed E-state index contributed by atoms with van der Waals surface area (Å²) in [6.07, 6.45) is 2.35. The summed E-state index contributed by atoms with van der Waals surface area (Å²) in [4.78, 5) is 6.38. The lowest BCUT2D eigenvalue weighted by Crippen LogP contribution is -2.34. The van der Waals surface area contributed by atoms with Crippen molar-refractivity contribution in [2.45, 2.75) is 12.8 Å². The van der Waals surface area contributed by atoms with Crippen LogP contribution >= 0.6 is 23.2 Å². The van der Waals surface area contributed by atoms with Crippen molar-refractivity contribution < 1.29 is 0 Å². The zero-order valence-electron chi connectivity index (χ0n) is 8.79. The van der Waals surface area contributed by atoms with Gasteiger partial charge in [-0.15, -0.1) is 0 Å². The van der Waals surface area contributed by atoms with Crippen LogP contribution in [-0.4, -0.2) is 23.9 Å². The Balaban J connectivity index is 2.20. The van der Waals surface area contributed by atoms with E-state index in [1.807, 2.05) is 0 Å². The van der Waals surface area contributed by atoms with E-state index < -0.39 is 0 Å². The fraction of sp³-hybridized carbons (Fsp3) is 0.364. The molecule has 2 N–H and O–H groups in total. The van der Waals surface area contributed by atoms with Crippen LogP contribution in [0, 0.1) is 0 Å². The highest BCUT2D eigenvalue weighted by Gasteiger charge is 2.13. The molecule has 0 saturated carbocycles. The van der Waals surface area contributed by atoms with Crippen molar-refractivity contribution in [1.82, 2.24) is 4.90 Å². The van der Waals surface area contributed by atoms with Crippen LogP contribution in [0.1, 0.15) is 12.8 Å². The molecule has 1 aromatic carbocycles. The molecule has 0 spiro atoms. The Kier molecular flexibility index (Phi) is 3.56. The molecule has 0 atom stereocenters. The summed E-state index contributed by atoms with van der Waals surface area (Å²) in [5.74, 6) is 0.538. The first-order valence-electron chi connectivity index (χ1n) is 5.20. The Labute approximate surface area is 105 Å². The standard InChI is InChI=1S/C11H13Cl2N3/c12-8-5-9(13)7-10(6-8)15-11(14)16-3-1-2-4-16/h5-7H,1-4H2,(H2,14,15). The first-order valence-corrected chi connectivity index (χ1v) is 5.96. The van der Waals surface area contributed by atoms with Crippen LogP contribution in [-0.2, 0) is 0 Å². The van der Waals surface area contributed by atoms with E-state index in [0.29, 0.717) is 21.7 Å². The predicted octanol–water partition coefficient (Wildman–Crippen LogP) is 3.04. The van der Waals surface area contributed by atoms with E-state index in [4.69, 9.17) is 28.9 Å². The molecule has 5 heteroatoms. The molecular formula is C11H13Cl2N3. The van der Waals surface area contributed by atoms with Gasteiger partial charge in [0.15, 0.2) is 5.96 Å². The molecule has 1 aliphatic heterocycles. The van der Waals surface area contributed by atoms with E-state index in [0.717, 1.165) is 13.1 Å². The topological polar surface area (TPSA) is 41.6 Å². The smallest absolute Gasteiger partial charge is 0.196 e. The van der Waals surface area contributed by atoms with Crippen molar-refractivity contribution >= 4 is 34.8 Å². The number of rotatable bonds is 1. The van der Waals surface area contributed by atoms with Gasteiger partial charge in [-0.2, -0.15) is 0 Å². The number of hydrogen-bond donors (Lipinski definition) is 1. The molecule has 1 fully saturated rings. The van der Waals surface area contributed by atoms with Crippen molar-refractivity contribution in [2.24, 2.45) is 10.7 Å². The minimum Gasteiger partial charge on any atom is -0.369 e. The van der Waals surface area contributed by atoms with E-state index in [1.54, 1.807) is 18.2 Å². The Morgan fingerprint density at radius 2 is 1.69 bits per heavy atom. The minimum atomic E-state index is 0.538. The third kappa shape index (κ3) is 2.80. The second-order valence-corrected chi connectivity index (χ2v) is 4.66. The zero-order chi connectivity index (χ0) is 11.5. The SMILES string of the molecule is NC(=Nc1cc(Cl)cc(Cl)c1)N1CCCC1. The van der Waals surface area contributed by atoms with Gasteiger partial charge in [-0.05, 0) is 31.0 Å². The summed E-state index contributed by atoms with van der Waals surface area (Å²) in [5, 5.41) is 1.14. The average Bonchev–Trinajstić information content (AvgIpc) is 2.68. The minimum absolute atomic E-state index is 0.538. The fourth-order valence-electron chi connectivity index (χ4n) is 1.75. The summed E-state index contributed by atoms with van der Waals surface area (Å²) in [5.41, 5.74) is 6.60. The molecule has 1 aromatic rings. The van der Waals surface area contributed by atoms with Gasteiger partial charge >= 0.3 is 0 Å². The lowest BCUT2D eigenvalue weighted by molar-refractivity contribution is 0.513. The van der Waals surface area contributed by atoms with Gasteiger partial charge in [-0.3, -0.25) is 0 Å².